The molecule has 1 heterocycles. The fourth-order valence-corrected chi connectivity index (χ4v) is 2.30. The second kappa shape index (κ2) is 4.34. The van der Waals surface area contributed by atoms with Crippen molar-refractivity contribution in [3.05, 3.63) is 23.8 Å². The zero-order valence-electron chi connectivity index (χ0n) is 10.4. The third-order valence-corrected chi connectivity index (χ3v) is 3.52. The third-order valence-electron chi connectivity index (χ3n) is 3.52. The number of nitrogens with two attached hydrogens (primary N) is 1. The molecule has 0 aliphatic carbocycles. The molecule has 1 atom stereocenters. The fourth-order valence-electron chi connectivity index (χ4n) is 2.30. The van der Waals surface area contributed by atoms with Crippen molar-refractivity contribution < 1.29 is 0 Å². The quantitative estimate of drug-likeness (QED) is 0.730. The van der Waals surface area contributed by atoms with Gasteiger partial charge in [-0.05, 0) is 44.7 Å². The molecule has 1 aromatic carbocycles. The first-order valence-corrected chi connectivity index (χ1v) is 5.89. The number of anilines is 2. The molecule has 1 aliphatic heterocycles. The molecule has 1 unspecified atom stereocenters. The summed E-state index contributed by atoms with van der Waals surface area (Å²) in [5, 5.41) is 0. The van der Waals surface area contributed by atoms with E-state index in [2.05, 4.69) is 42.8 Å². The summed E-state index contributed by atoms with van der Waals surface area (Å²) in [6, 6.07) is 6.80. The van der Waals surface area contributed by atoms with Gasteiger partial charge < -0.3 is 15.5 Å². The van der Waals surface area contributed by atoms with E-state index < -0.39 is 0 Å². The molecule has 1 saturated heterocycles. The molecule has 0 aromatic heterocycles. The van der Waals surface area contributed by atoms with Crippen molar-refractivity contribution in [2.75, 3.05) is 37.3 Å². The van der Waals surface area contributed by atoms with Gasteiger partial charge in [-0.3, -0.25) is 0 Å². The lowest BCUT2D eigenvalue weighted by Gasteiger charge is -2.39. The Hall–Kier alpha value is -1.22. The minimum absolute atomic E-state index is 0.616. The lowest BCUT2D eigenvalue weighted by atomic mass is 10.1. The summed E-state index contributed by atoms with van der Waals surface area (Å²) in [5.41, 5.74) is 9.23. The summed E-state index contributed by atoms with van der Waals surface area (Å²) in [7, 11) is 2.19. The molecule has 1 aromatic rings. The maximum absolute atomic E-state index is 5.78. The van der Waals surface area contributed by atoms with Crippen LogP contribution in [-0.4, -0.2) is 37.6 Å². The van der Waals surface area contributed by atoms with E-state index >= 15 is 0 Å². The summed E-state index contributed by atoms with van der Waals surface area (Å²) in [5.74, 6) is 0. The van der Waals surface area contributed by atoms with Crippen LogP contribution < -0.4 is 10.6 Å². The number of nitrogen functional groups attached to an aromatic ring is 1. The summed E-state index contributed by atoms with van der Waals surface area (Å²) in [6.07, 6.45) is 0. The molecular formula is C13H21N3. The van der Waals surface area contributed by atoms with Crippen LogP contribution in [0.1, 0.15) is 12.5 Å². The van der Waals surface area contributed by atoms with Gasteiger partial charge in [0, 0.05) is 37.1 Å². The van der Waals surface area contributed by atoms with Crippen LogP contribution in [0.2, 0.25) is 0 Å². The number of benzene rings is 1. The van der Waals surface area contributed by atoms with Gasteiger partial charge in [0.25, 0.3) is 0 Å². The van der Waals surface area contributed by atoms with Gasteiger partial charge in [-0.15, -0.1) is 0 Å². The van der Waals surface area contributed by atoms with Crippen LogP contribution in [0.3, 0.4) is 0 Å². The van der Waals surface area contributed by atoms with E-state index in [0.29, 0.717) is 6.04 Å². The molecule has 2 rings (SSSR count). The zero-order chi connectivity index (χ0) is 11.7. The second-order valence-electron chi connectivity index (χ2n) is 4.82. The minimum Gasteiger partial charge on any atom is -0.399 e. The lowest BCUT2D eigenvalue weighted by Crippen LogP contribution is -2.50. The molecule has 16 heavy (non-hydrogen) atoms. The number of likely N-dealkylation sites (N-methyl/N-ethyl adjacent to an activating group) is 1. The molecule has 0 bridgehead atoms. The number of hydrogen-bond acceptors (Lipinski definition) is 3. The van der Waals surface area contributed by atoms with E-state index in [1.165, 1.54) is 11.3 Å². The Morgan fingerprint density at radius 1 is 1.31 bits per heavy atom. The molecule has 0 radical (unpaired) electrons. The van der Waals surface area contributed by atoms with E-state index in [9.17, 15) is 0 Å². The molecule has 3 nitrogen and oxygen atoms in total. The lowest BCUT2D eigenvalue weighted by molar-refractivity contribution is 0.234. The highest BCUT2D eigenvalue weighted by Crippen LogP contribution is 2.24. The predicted octanol–water partition coefficient (Wildman–Crippen LogP) is 1.72. The predicted molar refractivity (Wildman–Crippen MR) is 69.9 cm³/mol. The van der Waals surface area contributed by atoms with Gasteiger partial charge in [-0.1, -0.05) is 0 Å². The normalized spacial score (nSPS) is 22.4. The van der Waals surface area contributed by atoms with Crippen LogP contribution in [0.15, 0.2) is 18.2 Å². The Bertz CT molecular complexity index is 375. The molecule has 0 amide bonds. The van der Waals surface area contributed by atoms with E-state index in [0.717, 1.165) is 25.3 Å². The largest absolute Gasteiger partial charge is 0.399 e. The third kappa shape index (κ3) is 2.14. The smallest absolute Gasteiger partial charge is 0.0398 e. The van der Waals surface area contributed by atoms with Crippen LogP contribution in [0.5, 0.6) is 0 Å². The Kier molecular flexibility index (Phi) is 3.06. The van der Waals surface area contributed by atoms with Crippen LogP contribution in [0, 0.1) is 6.92 Å². The van der Waals surface area contributed by atoms with Crippen LogP contribution in [0.4, 0.5) is 11.4 Å². The first-order chi connectivity index (χ1) is 7.58. The van der Waals surface area contributed by atoms with Crippen molar-refractivity contribution in [1.82, 2.24) is 4.90 Å². The topological polar surface area (TPSA) is 32.5 Å². The first kappa shape index (κ1) is 11.3. The highest BCUT2D eigenvalue weighted by molar-refractivity contribution is 5.59. The molecule has 0 saturated carbocycles. The highest BCUT2D eigenvalue weighted by atomic mass is 15.3. The number of nitrogens with zero attached hydrogens (tertiary/aromatic N) is 2. The van der Waals surface area contributed by atoms with Crippen molar-refractivity contribution in [2.45, 2.75) is 19.9 Å². The van der Waals surface area contributed by atoms with Crippen molar-refractivity contribution in [3.8, 4) is 0 Å². The van der Waals surface area contributed by atoms with E-state index in [4.69, 9.17) is 5.73 Å². The Morgan fingerprint density at radius 2 is 2.06 bits per heavy atom. The number of rotatable bonds is 1. The standard InChI is InChI=1S/C13H21N3/c1-10-8-12(14)4-5-13(10)16-7-6-15(3)11(2)9-16/h4-5,8,11H,6-7,9,14H2,1-3H3. The fraction of sp³-hybridized carbons (Fsp3) is 0.538. The SMILES string of the molecule is Cc1cc(N)ccc1N1CCN(C)C(C)C1. The van der Waals surface area contributed by atoms with Crippen molar-refractivity contribution in [2.24, 2.45) is 0 Å². The molecule has 1 aliphatic rings. The minimum atomic E-state index is 0.616. The molecule has 0 spiro atoms. The Balaban J connectivity index is 2.18. The van der Waals surface area contributed by atoms with Crippen LogP contribution in [-0.2, 0) is 0 Å². The van der Waals surface area contributed by atoms with Crippen LogP contribution in [0.25, 0.3) is 0 Å². The molecule has 1 fully saturated rings. The van der Waals surface area contributed by atoms with Gasteiger partial charge in [0.1, 0.15) is 0 Å². The average Bonchev–Trinajstić information content (AvgIpc) is 2.22. The second-order valence-corrected chi connectivity index (χ2v) is 4.82. The van der Waals surface area contributed by atoms with Gasteiger partial charge in [0.15, 0.2) is 0 Å². The summed E-state index contributed by atoms with van der Waals surface area (Å²) >= 11 is 0. The van der Waals surface area contributed by atoms with Gasteiger partial charge >= 0.3 is 0 Å². The van der Waals surface area contributed by atoms with Gasteiger partial charge in [0.05, 0.1) is 0 Å². The summed E-state index contributed by atoms with van der Waals surface area (Å²) in [6.45, 7) is 7.74. The highest BCUT2D eigenvalue weighted by Gasteiger charge is 2.21. The van der Waals surface area contributed by atoms with Crippen molar-refractivity contribution in [1.29, 1.82) is 0 Å². The number of piperazine rings is 1. The molecular weight excluding hydrogens is 198 g/mol. The number of aryl methyl sites for hydroxylation is 1. The van der Waals surface area contributed by atoms with Crippen molar-refractivity contribution in [3.63, 3.8) is 0 Å². The van der Waals surface area contributed by atoms with E-state index in [-0.39, 0.29) is 0 Å². The maximum atomic E-state index is 5.78. The van der Waals surface area contributed by atoms with Crippen LogP contribution >= 0.6 is 0 Å². The monoisotopic (exact) mass is 219 g/mol. The average molecular weight is 219 g/mol. The zero-order valence-corrected chi connectivity index (χ0v) is 10.4. The Morgan fingerprint density at radius 3 is 2.69 bits per heavy atom. The maximum Gasteiger partial charge on any atom is 0.0398 e. The summed E-state index contributed by atoms with van der Waals surface area (Å²) < 4.78 is 0. The van der Waals surface area contributed by atoms with E-state index in [1.54, 1.807) is 0 Å². The molecule has 3 heteroatoms. The van der Waals surface area contributed by atoms with Gasteiger partial charge in [0.2, 0.25) is 0 Å². The first-order valence-electron chi connectivity index (χ1n) is 5.89. The van der Waals surface area contributed by atoms with Gasteiger partial charge in [-0.25, -0.2) is 0 Å². The number of hydrogen-bond donors (Lipinski definition) is 1. The summed E-state index contributed by atoms with van der Waals surface area (Å²) in [4.78, 5) is 4.86. The Labute approximate surface area is 97.8 Å². The molecule has 88 valence electrons. The van der Waals surface area contributed by atoms with Gasteiger partial charge in [-0.2, -0.15) is 0 Å². The van der Waals surface area contributed by atoms with Crippen molar-refractivity contribution >= 4 is 11.4 Å². The van der Waals surface area contributed by atoms with E-state index in [1.807, 2.05) is 6.07 Å². The molecule has 2 N–H and O–H groups in total.